The SMILES string of the molecule is CCN1CCC[C@@H](NC(=O)N(C)Cc2[nH]c3ccccc3c2C)C1. The molecule has 1 aromatic carbocycles. The molecule has 0 bridgehead atoms. The molecule has 0 spiro atoms. The van der Waals surface area contributed by atoms with Crippen LogP contribution in [0, 0.1) is 6.92 Å². The summed E-state index contributed by atoms with van der Waals surface area (Å²) in [5.41, 5.74) is 3.46. The van der Waals surface area contributed by atoms with Crippen LogP contribution in [0.3, 0.4) is 0 Å². The first-order valence-corrected chi connectivity index (χ1v) is 8.88. The Bertz CT molecular complexity index is 708. The van der Waals surface area contributed by atoms with Crippen LogP contribution in [0.15, 0.2) is 24.3 Å². The number of hydrogen-bond donors (Lipinski definition) is 2. The van der Waals surface area contributed by atoms with Crippen molar-refractivity contribution in [3.8, 4) is 0 Å². The number of H-pyrrole nitrogens is 1. The minimum absolute atomic E-state index is 0.0102. The molecule has 2 heterocycles. The third-order valence-corrected chi connectivity index (χ3v) is 5.09. The van der Waals surface area contributed by atoms with Gasteiger partial charge in [0.1, 0.15) is 0 Å². The van der Waals surface area contributed by atoms with E-state index in [0.29, 0.717) is 6.54 Å². The van der Waals surface area contributed by atoms with Crippen molar-refractivity contribution in [3.63, 3.8) is 0 Å². The van der Waals surface area contributed by atoms with Crippen molar-refractivity contribution in [1.29, 1.82) is 0 Å². The lowest BCUT2D eigenvalue weighted by atomic mass is 10.1. The third kappa shape index (κ3) is 3.56. The van der Waals surface area contributed by atoms with Gasteiger partial charge in [-0.05, 0) is 44.5 Å². The number of piperidine rings is 1. The van der Waals surface area contributed by atoms with Gasteiger partial charge in [0.25, 0.3) is 0 Å². The fourth-order valence-electron chi connectivity index (χ4n) is 3.55. The molecule has 2 aromatic rings. The van der Waals surface area contributed by atoms with Crippen molar-refractivity contribution in [3.05, 3.63) is 35.5 Å². The number of aromatic nitrogens is 1. The standard InChI is InChI=1S/C19H28N4O/c1-4-23-11-7-8-15(12-23)20-19(24)22(3)13-18-14(2)16-9-5-6-10-17(16)21-18/h5-6,9-10,15,21H,4,7-8,11-13H2,1-3H3,(H,20,24)/t15-/m1/s1. The van der Waals surface area contributed by atoms with Crippen LogP contribution in [0.2, 0.25) is 0 Å². The van der Waals surface area contributed by atoms with Gasteiger partial charge in [0.2, 0.25) is 0 Å². The molecule has 0 radical (unpaired) electrons. The lowest BCUT2D eigenvalue weighted by Gasteiger charge is -2.33. The molecule has 5 heteroatoms. The molecular formula is C19H28N4O. The van der Waals surface area contributed by atoms with Crippen LogP contribution in [0.1, 0.15) is 31.0 Å². The Labute approximate surface area is 144 Å². The number of amides is 2. The fraction of sp³-hybridized carbons (Fsp3) is 0.526. The van der Waals surface area contributed by atoms with E-state index in [1.54, 1.807) is 4.90 Å². The summed E-state index contributed by atoms with van der Waals surface area (Å²) in [7, 11) is 1.86. The Morgan fingerprint density at radius 2 is 2.21 bits per heavy atom. The zero-order valence-electron chi connectivity index (χ0n) is 14.9. The Balaban J connectivity index is 1.62. The predicted molar refractivity (Wildman–Crippen MR) is 98.2 cm³/mol. The minimum Gasteiger partial charge on any atom is -0.357 e. The van der Waals surface area contributed by atoms with Crippen LogP contribution in [-0.2, 0) is 6.54 Å². The Kier molecular flexibility index (Phi) is 5.09. The van der Waals surface area contributed by atoms with Gasteiger partial charge in [0, 0.05) is 36.2 Å². The van der Waals surface area contributed by atoms with Crippen LogP contribution >= 0.6 is 0 Å². The molecule has 1 fully saturated rings. The summed E-state index contributed by atoms with van der Waals surface area (Å²) in [4.78, 5) is 20.1. The van der Waals surface area contributed by atoms with Gasteiger partial charge in [-0.15, -0.1) is 0 Å². The summed E-state index contributed by atoms with van der Waals surface area (Å²) < 4.78 is 0. The number of rotatable bonds is 4. The van der Waals surface area contributed by atoms with E-state index in [2.05, 4.69) is 41.2 Å². The second-order valence-electron chi connectivity index (χ2n) is 6.81. The molecule has 1 aliphatic rings. The van der Waals surface area contributed by atoms with Gasteiger partial charge in [-0.1, -0.05) is 25.1 Å². The normalized spacial score (nSPS) is 18.7. The monoisotopic (exact) mass is 328 g/mol. The number of likely N-dealkylation sites (tertiary alicyclic amines) is 1. The van der Waals surface area contributed by atoms with Crippen molar-refractivity contribution >= 4 is 16.9 Å². The highest BCUT2D eigenvalue weighted by molar-refractivity contribution is 5.84. The highest BCUT2D eigenvalue weighted by Gasteiger charge is 2.22. The minimum atomic E-state index is 0.0102. The zero-order valence-corrected chi connectivity index (χ0v) is 14.9. The largest absolute Gasteiger partial charge is 0.357 e. The summed E-state index contributed by atoms with van der Waals surface area (Å²) in [6.07, 6.45) is 2.23. The number of benzene rings is 1. The summed E-state index contributed by atoms with van der Waals surface area (Å²) in [6.45, 7) is 8.04. The van der Waals surface area contributed by atoms with Gasteiger partial charge in [0.05, 0.1) is 6.54 Å². The molecule has 130 valence electrons. The molecule has 1 atom stereocenters. The van der Waals surface area contributed by atoms with E-state index in [9.17, 15) is 4.79 Å². The van der Waals surface area contributed by atoms with E-state index in [0.717, 1.165) is 43.7 Å². The van der Waals surface area contributed by atoms with Crippen molar-refractivity contribution < 1.29 is 4.79 Å². The Hall–Kier alpha value is -2.01. The highest BCUT2D eigenvalue weighted by atomic mass is 16.2. The van der Waals surface area contributed by atoms with Crippen LogP contribution in [0.25, 0.3) is 10.9 Å². The molecule has 0 unspecified atom stereocenters. The lowest BCUT2D eigenvalue weighted by molar-refractivity contribution is 0.175. The van der Waals surface area contributed by atoms with Crippen molar-refractivity contribution in [2.24, 2.45) is 0 Å². The maximum absolute atomic E-state index is 12.5. The molecule has 1 aromatic heterocycles. The van der Waals surface area contributed by atoms with Gasteiger partial charge in [0.15, 0.2) is 0 Å². The van der Waals surface area contributed by atoms with Crippen molar-refractivity contribution in [2.75, 3.05) is 26.7 Å². The Morgan fingerprint density at radius 3 is 2.96 bits per heavy atom. The maximum atomic E-state index is 12.5. The fourth-order valence-corrected chi connectivity index (χ4v) is 3.55. The first-order valence-electron chi connectivity index (χ1n) is 8.88. The van der Waals surface area contributed by atoms with E-state index in [4.69, 9.17) is 0 Å². The van der Waals surface area contributed by atoms with Crippen LogP contribution in [0.4, 0.5) is 4.79 Å². The molecular weight excluding hydrogens is 300 g/mol. The first-order chi connectivity index (χ1) is 11.6. The number of aromatic amines is 1. The number of hydrogen-bond acceptors (Lipinski definition) is 2. The zero-order chi connectivity index (χ0) is 17.1. The van der Waals surface area contributed by atoms with Gasteiger partial charge in [-0.3, -0.25) is 0 Å². The van der Waals surface area contributed by atoms with E-state index in [1.807, 2.05) is 19.2 Å². The quantitative estimate of drug-likeness (QED) is 0.906. The molecule has 0 saturated carbocycles. The van der Waals surface area contributed by atoms with Crippen LogP contribution in [0.5, 0.6) is 0 Å². The van der Waals surface area contributed by atoms with E-state index in [1.165, 1.54) is 10.9 Å². The number of fused-ring (bicyclic) bond motifs is 1. The number of urea groups is 1. The molecule has 24 heavy (non-hydrogen) atoms. The molecule has 1 aliphatic heterocycles. The van der Waals surface area contributed by atoms with Gasteiger partial charge in [-0.25, -0.2) is 4.79 Å². The van der Waals surface area contributed by atoms with E-state index >= 15 is 0 Å². The number of carbonyl (C=O) groups excluding carboxylic acids is 1. The number of carbonyl (C=O) groups is 1. The third-order valence-electron chi connectivity index (χ3n) is 5.09. The predicted octanol–water partition coefficient (Wildman–Crippen LogP) is 3.10. The van der Waals surface area contributed by atoms with E-state index in [-0.39, 0.29) is 12.1 Å². The number of nitrogens with zero attached hydrogens (tertiary/aromatic N) is 2. The highest BCUT2D eigenvalue weighted by Crippen LogP contribution is 2.22. The van der Waals surface area contributed by atoms with Crippen molar-refractivity contribution in [1.82, 2.24) is 20.1 Å². The smallest absolute Gasteiger partial charge is 0.317 e. The molecule has 1 saturated heterocycles. The molecule has 0 aliphatic carbocycles. The van der Waals surface area contributed by atoms with Gasteiger partial charge >= 0.3 is 6.03 Å². The Morgan fingerprint density at radius 1 is 1.42 bits per heavy atom. The van der Waals surface area contributed by atoms with Crippen molar-refractivity contribution in [2.45, 2.75) is 39.3 Å². The average Bonchev–Trinajstić information content (AvgIpc) is 2.91. The van der Waals surface area contributed by atoms with Crippen LogP contribution in [-0.4, -0.2) is 53.5 Å². The number of para-hydroxylation sites is 1. The molecule has 5 nitrogen and oxygen atoms in total. The summed E-state index contributed by atoms with van der Waals surface area (Å²) >= 11 is 0. The summed E-state index contributed by atoms with van der Waals surface area (Å²) in [5.74, 6) is 0. The number of aryl methyl sites for hydroxylation is 1. The topological polar surface area (TPSA) is 51.4 Å². The first kappa shape index (κ1) is 16.8. The summed E-state index contributed by atoms with van der Waals surface area (Å²) in [5, 5.41) is 4.42. The van der Waals surface area contributed by atoms with E-state index < -0.39 is 0 Å². The lowest BCUT2D eigenvalue weighted by Crippen LogP contribution is -2.50. The number of likely N-dealkylation sites (N-methyl/N-ethyl adjacent to an activating group) is 1. The second kappa shape index (κ2) is 7.26. The van der Waals surface area contributed by atoms with Crippen LogP contribution < -0.4 is 5.32 Å². The second-order valence-corrected chi connectivity index (χ2v) is 6.81. The molecule has 2 N–H and O–H groups in total. The number of nitrogens with one attached hydrogen (secondary N) is 2. The molecule has 2 amide bonds. The summed E-state index contributed by atoms with van der Waals surface area (Å²) in [6, 6.07) is 8.54. The average molecular weight is 328 g/mol. The van der Waals surface area contributed by atoms with Gasteiger partial charge in [-0.2, -0.15) is 0 Å². The molecule has 3 rings (SSSR count). The van der Waals surface area contributed by atoms with Gasteiger partial charge < -0.3 is 20.1 Å². The maximum Gasteiger partial charge on any atom is 0.317 e.